The van der Waals surface area contributed by atoms with Crippen molar-refractivity contribution in [2.24, 2.45) is 0 Å². The van der Waals surface area contributed by atoms with Crippen LogP contribution in [-0.2, 0) is 11.3 Å². The SMILES string of the molecule is C[C@H](NC(=O)CN1CCN(Cc2nc3ccccc3s2)CC1)c1cc2ccccc2o1. The first kappa shape index (κ1) is 20.2. The van der Waals surface area contributed by atoms with Gasteiger partial charge >= 0.3 is 0 Å². The summed E-state index contributed by atoms with van der Waals surface area (Å²) in [4.78, 5) is 21.9. The molecule has 0 saturated carbocycles. The third kappa shape index (κ3) is 4.63. The minimum absolute atomic E-state index is 0.0348. The Balaban J connectivity index is 1.10. The highest BCUT2D eigenvalue weighted by molar-refractivity contribution is 7.18. The summed E-state index contributed by atoms with van der Waals surface area (Å²) >= 11 is 1.77. The molecule has 1 atom stereocenters. The lowest BCUT2D eigenvalue weighted by molar-refractivity contribution is -0.123. The zero-order valence-electron chi connectivity index (χ0n) is 17.6. The number of piperazine rings is 1. The van der Waals surface area contributed by atoms with Gasteiger partial charge in [-0.05, 0) is 31.2 Å². The maximum Gasteiger partial charge on any atom is 0.234 e. The Bertz CT molecular complexity index is 1130. The third-order valence-corrected chi connectivity index (χ3v) is 6.80. The standard InChI is InChI=1S/C24H26N4O2S/c1-17(21-14-18-6-2-4-8-20(18)30-21)25-23(29)15-27-10-12-28(13-11-27)16-24-26-19-7-3-5-9-22(19)31-24/h2-9,14,17H,10-13,15-16H2,1H3,(H,25,29)/t17-/m0/s1. The minimum Gasteiger partial charge on any atom is -0.459 e. The molecule has 1 aliphatic rings. The molecule has 1 fully saturated rings. The van der Waals surface area contributed by atoms with Crippen LogP contribution in [0.3, 0.4) is 0 Å². The summed E-state index contributed by atoms with van der Waals surface area (Å²) in [5.41, 5.74) is 1.93. The Labute approximate surface area is 185 Å². The number of para-hydroxylation sites is 2. The molecule has 1 N–H and O–H groups in total. The lowest BCUT2D eigenvalue weighted by Crippen LogP contribution is -2.49. The molecule has 7 heteroatoms. The molecule has 2 aromatic heterocycles. The fourth-order valence-electron chi connectivity index (χ4n) is 4.06. The number of aromatic nitrogens is 1. The summed E-state index contributed by atoms with van der Waals surface area (Å²) < 4.78 is 7.12. The molecule has 0 bridgehead atoms. The highest BCUT2D eigenvalue weighted by atomic mass is 32.1. The number of amides is 1. The van der Waals surface area contributed by atoms with Gasteiger partial charge in [-0.25, -0.2) is 4.98 Å². The molecule has 0 unspecified atom stereocenters. The largest absolute Gasteiger partial charge is 0.459 e. The van der Waals surface area contributed by atoms with Crippen molar-refractivity contribution in [3.63, 3.8) is 0 Å². The molecule has 31 heavy (non-hydrogen) atoms. The number of fused-ring (bicyclic) bond motifs is 2. The van der Waals surface area contributed by atoms with Crippen LogP contribution in [0, 0.1) is 0 Å². The van der Waals surface area contributed by atoms with Gasteiger partial charge in [-0.1, -0.05) is 30.3 Å². The van der Waals surface area contributed by atoms with Crippen molar-refractivity contribution in [2.45, 2.75) is 19.5 Å². The zero-order chi connectivity index (χ0) is 21.2. The van der Waals surface area contributed by atoms with E-state index in [1.807, 2.05) is 43.3 Å². The molecular weight excluding hydrogens is 408 g/mol. The van der Waals surface area contributed by atoms with E-state index in [-0.39, 0.29) is 11.9 Å². The van der Waals surface area contributed by atoms with Gasteiger partial charge in [0.1, 0.15) is 16.4 Å². The van der Waals surface area contributed by atoms with Crippen LogP contribution in [0.1, 0.15) is 23.7 Å². The number of nitrogens with one attached hydrogen (secondary N) is 1. The van der Waals surface area contributed by atoms with Gasteiger partial charge in [0.2, 0.25) is 5.91 Å². The van der Waals surface area contributed by atoms with E-state index in [0.29, 0.717) is 6.54 Å². The van der Waals surface area contributed by atoms with E-state index in [1.165, 1.54) is 4.70 Å². The van der Waals surface area contributed by atoms with E-state index < -0.39 is 0 Å². The second-order valence-corrected chi connectivity index (χ2v) is 9.22. The molecule has 0 spiro atoms. The van der Waals surface area contributed by atoms with Crippen molar-refractivity contribution < 1.29 is 9.21 Å². The molecule has 5 rings (SSSR count). The fourth-order valence-corrected chi connectivity index (χ4v) is 5.07. The molecule has 6 nitrogen and oxygen atoms in total. The van der Waals surface area contributed by atoms with Crippen molar-refractivity contribution in [2.75, 3.05) is 32.7 Å². The Morgan fingerprint density at radius 3 is 2.65 bits per heavy atom. The highest BCUT2D eigenvalue weighted by Gasteiger charge is 2.21. The highest BCUT2D eigenvalue weighted by Crippen LogP contribution is 2.24. The molecule has 3 heterocycles. The van der Waals surface area contributed by atoms with E-state index in [4.69, 9.17) is 9.40 Å². The van der Waals surface area contributed by atoms with E-state index in [9.17, 15) is 4.79 Å². The summed E-state index contributed by atoms with van der Waals surface area (Å²) in [6, 6.07) is 18.0. The maximum atomic E-state index is 12.6. The molecule has 4 aromatic rings. The number of thiazole rings is 1. The Morgan fingerprint density at radius 2 is 1.84 bits per heavy atom. The van der Waals surface area contributed by atoms with Crippen molar-refractivity contribution in [3.8, 4) is 0 Å². The lowest BCUT2D eigenvalue weighted by Gasteiger charge is -2.33. The molecule has 2 aromatic carbocycles. The second kappa shape index (κ2) is 8.78. The average Bonchev–Trinajstić information content (AvgIpc) is 3.38. The average molecular weight is 435 g/mol. The Morgan fingerprint density at radius 1 is 1.10 bits per heavy atom. The predicted octanol–water partition coefficient (Wildman–Crippen LogP) is 4.04. The van der Waals surface area contributed by atoms with Crippen LogP contribution in [0.5, 0.6) is 0 Å². The van der Waals surface area contributed by atoms with Crippen LogP contribution in [0.4, 0.5) is 0 Å². The third-order valence-electron chi connectivity index (χ3n) is 5.78. The number of nitrogens with zero attached hydrogens (tertiary/aromatic N) is 3. The van der Waals surface area contributed by atoms with Crippen LogP contribution in [0.15, 0.2) is 59.0 Å². The van der Waals surface area contributed by atoms with E-state index in [1.54, 1.807) is 11.3 Å². The van der Waals surface area contributed by atoms with E-state index in [0.717, 1.165) is 60.0 Å². The van der Waals surface area contributed by atoms with Gasteiger partial charge in [0, 0.05) is 31.6 Å². The number of hydrogen-bond donors (Lipinski definition) is 1. The number of carbonyl (C=O) groups excluding carboxylic acids is 1. The molecule has 1 saturated heterocycles. The second-order valence-electron chi connectivity index (χ2n) is 8.10. The summed E-state index contributed by atoms with van der Waals surface area (Å²) in [6.07, 6.45) is 0. The van der Waals surface area contributed by atoms with Gasteiger partial charge in [-0.2, -0.15) is 0 Å². The summed E-state index contributed by atoms with van der Waals surface area (Å²) in [6.45, 7) is 6.92. The number of furan rings is 1. The zero-order valence-corrected chi connectivity index (χ0v) is 18.4. The fraction of sp³-hybridized carbons (Fsp3) is 0.333. The summed E-state index contributed by atoms with van der Waals surface area (Å²) in [5, 5.41) is 5.29. The van der Waals surface area contributed by atoms with Crippen LogP contribution >= 0.6 is 11.3 Å². The van der Waals surface area contributed by atoms with Crippen molar-refractivity contribution in [1.82, 2.24) is 20.1 Å². The van der Waals surface area contributed by atoms with Crippen molar-refractivity contribution in [1.29, 1.82) is 0 Å². The Kier molecular flexibility index (Phi) is 5.72. The van der Waals surface area contributed by atoms with Crippen LogP contribution in [0.2, 0.25) is 0 Å². The quantitative estimate of drug-likeness (QED) is 0.496. The first-order chi connectivity index (χ1) is 15.1. The number of hydrogen-bond acceptors (Lipinski definition) is 6. The molecule has 0 aliphatic carbocycles. The van der Waals surface area contributed by atoms with Crippen LogP contribution < -0.4 is 5.32 Å². The molecule has 160 valence electrons. The van der Waals surface area contributed by atoms with Crippen molar-refractivity contribution in [3.05, 3.63) is 65.4 Å². The normalized spacial score (nSPS) is 16.7. The predicted molar refractivity (Wildman–Crippen MR) is 124 cm³/mol. The Hall–Kier alpha value is -2.74. The molecule has 1 amide bonds. The van der Waals surface area contributed by atoms with Gasteiger partial charge in [0.25, 0.3) is 0 Å². The topological polar surface area (TPSA) is 61.6 Å². The van der Waals surface area contributed by atoms with Crippen molar-refractivity contribution >= 4 is 38.4 Å². The van der Waals surface area contributed by atoms with Gasteiger partial charge in [-0.3, -0.25) is 14.6 Å². The molecule has 1 aliphatic heterocycles. The minimum atomic E-state index is -0.153. The number of rotatable bonds is 6. The number of benzene rings is 2. The van der Waals surface area contributed by atoms with Crippen LogP contribution in [0.25, 0.3) is 21.2 Å². The van der Waals surface area contributed by atoms with Gasteiger partial charge in [-0.15, -0.1) is 11.3 Å². The smallest absolute Gasteiger partial charge is 0.234 e. The van der Waals surface area contributed by atoms with Crippen LogP contribution in [-0.4, -0.2) is 53.4 Å². The van der Waals surface area contributed by atoms with Gasteiger partial charge in [0.05, 0.1) is 29.3 Å². The first-order valence-electron chi connectivity index (χ1n) is 10.7. The van der Waals surface area contributed by atoms with E-state index in [2.05, 4.69) is 33.3 Å². The maximum absolute atomic E-state index is 12.6. The van der Waals surface area contributed by atoms with Gasteiger partial charge in [0.15, 0.2) is 0 Å². The molecular formula is C24H26N4O2S. The lowest BCUT2D eigenvalue weighted by atomic mass is 10.2. The summed E-state index contributed by atoms with van der Waals surface area (Å²) in [5.74, 6) is 0.822. The first-order valence-corrected chi connectivity index (χ1v) is 11.5. The van der Waals surface area contributed by atoms with E-state index >= 15 is 0 Å². The monoisotopic (exact) mass is 434 g/mol. The number of carbonyl (C=O) groups is 1. The summed E-state index contributed by atoms with van der Waals surface area (Å²) in [7, 11) is 0. The van der Waals surface area contributed by atoms with Gasteiger partial charge < -0.3 is 9.73 Å². The molecule has 0 radical (unpaired) electrons.